The Balaban J connectivity index is 2.44. The molecule has 1 heterocycles. The Labute approximate surface area is 99.3 Å². The maximum Gasteiger partial charge on any atom is 0.0782 e. The van der Waals surface area contributed by atoms with E-state index in [1.807, 2.05) is 20.8 Å². The lowest BCUT2D eigenvalue weighted by atomic mass is 10.2. The third kappa shape index (κ3) is 3.98. The lowest BCUT2D eigenvalue weighted by Crippen LogP contribution is -2.25. The van der Waals surface area contributed by atoms with Crippen LogP contribution in [-0.4, -0.2) is 32.2 Å². The summed E-state index contributed by atoms with van der Waals surface area (Å²) in [6, 6.07) is 0.155. The summed E-state index contributed by atoms with van der Waals surface area (Å²) in [5, 5.41) is 3.31. The first-order valence-electron chi connectivity index (χ1n) is 5.51. The first-order chi connectivity index (χ1) is 7.65. The van der Waals surface area contributed by atoms with Gasteiger partial charge in [-0.1, -0.05) is 6.92 Å². The second-order valence-electron chi connectivity index (χ2n) is 3.64. The summed E-state index contributed by atoms with van der Waals surface area (Å²) < 4.78 is 11.2. The molecular weight excluding hydrogens is 222 g/mol. The van der Waals surface area contributed by atoms with Crippen molar-refractivity contribution in [3.63, 3.8) is 0 Å². The molecule has 1 aromatic heterocycles. The van der Waals surface area contributed by atoms with E-state index < -0.39 is 10.8 Å². The quantitative estimate of drug-likeness (QED) is 0.813. The second kappa shape index (κ2) is 6.70. The van der Waals surface area contributed by atoms with Gasteiger partial charge in [0.2, 0.25) is 0 Å². The molecule has 0 amide bonds. The monoisotopic (exact) mass is 241 g/mol. The summed E-state index contributed by atoms with van der Waals surface area (Å²) in [6.45, 7) is 6.68. The van der Waals surface area contributed by atoms with Gasteiger partial charge in [0.05, 0.1) is 11.4 Å². The lowest BCUT2D eigenvalue weighted by molar-refractivity contribution is 0.576. The van der Waals surface area contributed by atoms with Gasteiger partial charge in [-0.25, -0.2) is 0 Å². The van der Waals surface area contributed by atoms with Crippen LogP contribution in [0.5, 0.6) is 0 Å². The molecule has 1 N–H and O–H groups in total. The minimum absolute atomic E-state index is 0.155. The molecule has 0 aromatic carbocycles. The molecule has 5 heteroatoms. The van der Waals surface area contributed by atoms with Gasteiger partial charge in [-0.15, -0.1) is 0 Å². The van der Waals surface area contributed by atoms with Crippen molar-refractivity contribution >= 4 is 10.8 Å². The van der Waals surface area contributed by atoms with Crippen molar-refractivity contribution in [2.75, 3.05) is 18.1 Å². The van der Waals surface area contributed by atoms with Gasteiger partial charge in [0, 0.05) is 47.3 Å². The summed E-state index contributed by atoms with van der Waals surface area (Å²) in [5.74, 6) is 1.42. The van der Waals surface area contributed by atoms with Crippen LogP contribution in [0.3, 0.4) is 0 Å². The Morgan fingerprint density at radius 3 is 2.75 bits per heavy atom. The zero-order valence-electron chi connectivity index (χ0n) is 10.1. The predicted octanol–water partition coefficient (Wildman–Crippen LogP) is 1.20. The highest BCUT2D eigenvalue weighted by Crippen LogP contribution is 2.10. The molecule has 90 valence electrons. The van der Waals surface area contributed by atoms with Crippen molar-refractivity contribution in [3.8, 4) is 0 Å². The summed E-state index contributed by atoms with van der Waals surface area (Å²) in [5.41, 5.74) is 1.91. The lowest BCUT2D eigenvalue weighted by Gasteiger charge is -2.14. The molecule has 0 spiro atoms. The number of hydrogen-bond donors (Lipinski definition) is 1. The summed E-state index contributed by atoms with van der Waals surface area (Å²) >= 11 is 0. The average Bonchev–Trinajstić information content (AvgIpc) is 2.29. The van der Waals surface area contributed by atoms with Crippen LogP contribution in [0.2, 0.25) is 0 Å². The number of aromatic nitrogens is 2. The van der Waals surface area contributed by atoms with Crippen LogP contribution in [-0.2, 0) is 10.8 Å². The molecular formula is C11H19N3OS. The third-order valence-corrected chi connectivity index (χ3v) is 3.73. The van der Waals surface area contributed by atoms with Gasteiger partial charge in [-0.05, 0) is 13.8 Å². The van der Waals surface area contributed by atoms with Gasteiger partial charge in [-0.3, -0.25) is 14.2 Å². The molecule has 1 rings (SSSR count). The van der Waals surface area contributed by atoms with Crippen molar-refractivity contribution in [3.05, 3.63) is 23.8 Å². The SMILES string of the molecule is CCS(=O)CCNC(C)c1nccnc1C. The van der Waals surface area contributed by atoms with E-state index in [1.54, 1.807) is 12.4 Å². The standard InChI is InChI=1S/C11H19N3OS/c1-4-16(15)8-7-13-10(3)11-9(2)12-5-6-14-11/h5-6,10,13H,4,7-8H2,1-3H3. The van der Waals surface area contributed by atoms with E-state index in [2.05, 4.69) is 15.3 Å². The van der Waals surface area contributed by atoms with Gasteiger partial charge < -0.3 is 5.32 Å². The Hall–Kier alpha value is -0.810. The normalized spacial score (nSPS) is 14.7. The number of nitrogens with zero attached hydrogens (tertiary/aromatic N) is 2. The second-order valence-corrected chi connectivity index (χ2v) is 5.50. The maximum atomic E-state index is 11.2. The Morgan fingerprint density at radius 1 is 1.44 bits per heavy atom. The first-order valence-corrected chi connectivity index (χ1v) is 6.99. The van der Waals surface area contributed by atoms with Gasteiger partial charge in [0.25, 0.3) is 0 Å². The molecule has 0 aliphatic carbocycles. The molecule has 1 aromatic rings. The molecule has 0 aliphatic rings. The maximum absolute atomic E-state index is 11.2. The van der Waals surface area contributed by atoms with E-state index in [0.29, 0.717) is 5.75 Å². The van der Waals surface area contributed by atoms with E-state index in [4.69, 9.17) is 0 Å². The molecule has 16 heavy (non-hydrogen) atoms. The predicted molar refractivity (Wildman–Crippen MR) is 66.7 cm³/mol. The van der Waals surface area contributed by atoms with E-state index >= 15 is 0 Å². The molecule has 4 nitrogen and oxygen atoms in total. The number of rotatable bonds is 6. The minimum Gasteiger partial charge on any atom is -0.308 e. The molecule has 0 fully saturated rings. The van der Waals surface area contributed by atoms with Crippen molar-refractivity contribution in [2.24, 2.45) is 0 Å². The van der Waals surface area contributed by atoms with Gasteiger partial charge in [-0.2, -0.15) is 0 Å². The smallest absolute Gasteiger partial charge is 0.0782 e. The number of hydrogen-bond acceptors (Lipinski definition) is 4. The molecule has 0 bridgehead atoms. The van der Waals surface area contributed by atoms with Gasteiger partial charge in [0.15, 0.2) is 0 Å². The van der Waals surface area contributed by atoms with Gasteiger partial charge in [0.1, 0.15) is 0 Å². The van der Waals surface area contributed by atoms with Crippen LogP contribution in [0.1, 0.15) is 31.3 Å². The first kappa shape index (κ1) is 13.3. The highest BCUT2D eigenvalue weighted by Gasteiger charge is 2.09. The fraction of sp³-hybridized carbons (Fsp3) is 0.636. The number of aryl methyl sites for hydroxylation is 1. The number of nitrogens with one attached hydrogen (secondary N) is 1. The van der Waals surface area contributed by atoms with Gasteiger partial charge >= 0.3 is 0 Å². The van der Waals surface area contributed by atoms with E-state index in [1.165, 1.54) is 0 Å². The topological polar surface area (TPSA) is 54.9 Å². The molecule has 2 atom stereocenters. The minimum atomic E-state index is -0.704. The molecule has 0 saturated carbocycles. The highest BCUT2D eigenvalue weighted by molar-refractivity contribution is 7.84. The molecule has 0 aliphatic heterocycles. The van der Waals surface area contributed by atoms with Crippen molar-refractivity contribution in [2.45, 2.75) is 26.8 Å². The Bertz CT molecular complexity index is 357. The van der Waals surface area contributed by atoms with Crippen LogP contribution in [0.15, 0.2) is 12.4 Å². The third-order valence-electron chi connectivity index (χ3n) is 2.43. The van der Waals surface area contributed by atoms with Crippen molar-refractivity contribution in [1.29, 1.82) is 0 Å². The molecule has 0 saturated heterocycles. The highest BCUT2D eigenvalue weighted by atomic mass is 32.2. The fourth-order valence-electron chi connectivity index (χ4n) is 1.47. The summed E-state index contributed by atoms with van der Waals surface area (Å²) in [4.78, 5) is 8.49. The zero-order chi connectivity index (χ0) is 12.0. The Morgan fingerprint density at radius 2 is 2.12 bits per heavy atom. The van der Waals surface area contributed by atoms with Crippen LogP contribution in [0, 0.1) is 6.92 Å². The largest absolute Gasteiger partial charge is 0.308 e. The fourth-order valence-corrected chi connectivity index (χ4v) is 2.11. The summed E-state index contributed by atoms with van der Waals surface area (Å²) in [7, 11) is -0.704. The Kier molecular flexibility index (Phi) is 5.55. The van der Waals surface area contributed by atoms with Crippen molar-refractivity contribution in [1.82, 2.24) is 15.3 Å². The average molecular weight is 241 g/mol. The summed E-state index contributed by atoms with van der Waals surface area (Å²) in [6.07, 6.45) is 3.39. The van der Waals surface area contributed by atoms with E-state index in [-0.39, 0.29) is 6.04 Å². The van der Waals surface area contributed by atoms with E-state index in [9.17, 15) is 4.21 Å². The van der Waals surface area contributed by atoms with Crippen LogP contribution in [0.4, 0.5) is 0 Å². The van der Waals surface area contributed by atoms with Crippen LogP contribution >= 0.6 is 0 Å². The van der Waals surface area contributed by atoms with Crippen LogP contribution in [0.25, 0.3) is 0 Å². The zero-order valence-corrected chi connectivity index (χ0v) is 10.9. The van der Waals surface area contributed by atoms with E-state index in [0.717, 1.165) is 23.7 Å². The van der Waals surface area contributed by atoms with Crippen molar-refractivity contribution < 1.29 is 4.21 Å². The molecule has 0 radical (unpaired) electrons. The molecule has 2 unspecified atom stereocenters. The van der Waals surface area contributed by atoms with Crippen LogP contribution < -0.4 is 5.32 Å².